The lowest BCUT2D eigenvalue weighted by molar-refractivity contribution is 0.0943. The number of phenols is 2. The summed E-state index contributed by atoms with van der Waals surface area (Å²) in [5.41, 5.74) is 5.02. The molecule has 1 aromatic rings. The van der Waals surface area contributed by atoms with Gasteiger partial charge in [0.1, 0.15) is 17.1 Å². The van der Waals surface area contributed by atoms with Gasteiger partial charge in [-0.25, -0.2) is 0 Å². The molecule has 1 amide bonds. The Hall–Kier alpha value is -2.44. The molecule has 0 saturated carbocycles. The molecule has 92 valence electrons. The second-order valence-corrected chi connectivity index (χ2v) is 3.39. The third-order valence-corrected chi connectivity index (χ3v) is 2.15. The normalized spacial score (nSPS) is 13.1. The molecule has 0 aromatic heterocycles. The highest BCUT2D eigenvalue weighted by Gasteiger charge is 2.19. The molecule has 0 aliphatic carbocycles. The molecule has 7 nitrogen and oxygen atoms in total. The van der Waals surface area contributed by atoms with Crippen LogP contribution in [0.5, 0.6) is 11.5 Å². The first-order chi connectivity index (χ1) is 7.97. The van der Waals surface area contributed by atoms with E-state index in [1.165, 1.54) is 25.1 Å². The van der Waals surface area contributed by atoms with E-state index in [9.17, 15) is 15.0 Å². The highest BCUT2D eigenvalue weighted by molar-refractivity contribution is 6.02. The maximum absolute atomic E-state index is 11.7. The SMILES string of the molecule is CC(NC(=O)c1c(O)cccc1O)/C(N)=N/O. The number of hydrogen-bond donors (Lipinski definition) is 5. The van der Waals surface area contributed by atoms with Crippen LogP contribution in [0.25, 0.3) is 0 Å². The van der Waals surface area contributed by atoms with Crippen LogP contribution in [-0.4, -0.2) is 33.2 Å². The molecule has 0 spiro atoms. The summed E-state index contributed by atoms with van der Waals surface area (Å²) >= 11 is 0. The number of carbonyl (C=O) groups is 1. The van der Waals surface area contributed by atoms with E-state index in [0.29, 0.717) is 0 Å². The molecule has 0 heterocycles. The van der Waals surface area contributed by atoms with E-state index in [-0.39, 0.29) is 22.9 Å². The van der Waals surface area contributed by atoms with Gasteiger partial charge in [-0.15, -0.1) is 0 Å². The van der Waals surface area contributed by atoms with Gasteiger partial charge in [0, 0.05) is 0 Å². The van der Waals surface area contributed by atoms with Crippen molar-refractivity contribution >= 4 is 11.7 Å². The van der Waals surface area contributed by atoms with Crippen molar-refractivity contribution in [2.75, 3.05) is 0 Å². The number of nitrogens with zero attached hydrogens (tertiary/aromatic N) is 1. The van der Waals surface area contributed by atoms with Crippen LogP contribution in [0.2, 0.25) is 0 Å². The molecule has 0 aliphatic rings. The van der Waals surface area contributed by atoms with Gasteiger partial charge in [0.2, 0.25) is 0 Å². The Labute approximate surface area is 97.2 Å². The standard InChI is InChI=1S/C10H13N3O4/c1-5(9(11)13-17)12-10(16)8-6(14)3-2-4-7(8)15/h2-5,14-15,17H,1H3,(H2,11,13)(H,12,16). The fourth-order valence-electron chi connectivity index (χ4n) is 1.19. The predicted molar refractivity (Wildman–Crippen MR) is 60.1 cm³/mol. The van der Waals surface area contributed by atoms with Crippen molar-refractivity contribution in [3.8, 4) is 11.5 Å². The van der Waals surface area contributed by atoms with E-state index in [0.717, 1.165) is 0 Å². The molecular formula is C10H13N3O4. The molecule has 1 aromatic carbocycles. The summed E-state index contributed by atoms with van der Waals surface area (Å²) in [6.07, 6.45) is 0. The molecule has 0 bridgehead atoms. The van der Waals surface area contributed by atoms with Crippen LogP contribution in [0.4, 0.5) is 0 Å². The zero-order valence-electron chi connectivity index (χ0n) is 9.08. The first-order valence-electron chi connectivity index (χ1n) is 4.76. The number of amidine groups is 1. The number of nitrogens with one attached hydrogen (secondary N) is 1. The molecule has 0 fully saturated rings. The van der Waals surface area contributed by atoms with Crippen molar-refractivity contribution in [1.82, 2.24) is 5.32 Å². The number of carbonyl (C=O) groups excluding carboxylic acids is 1. The van der Waals surface area contributed by atoms with E-state index >= 15 is 0 Å². The fraction of sp³-hybridized carbons (Fsp3) is 0.200. The molecule has 6 N–H and O–H groups in total. The zero-order valence-corrected chi connectivity index (χ0v) is 9.08. The fourth-order valence-corrected chi connectivity index (χ4v) is 1.19. The molecular weight excluding hydrogens is 226 g/mol. The number of hydrogen-bond acceptors (Lipinski definition) is 5. The quantitative estimate of drug-likeness (QED) is 0.219. The average Bonchev–Trinajstić information content (AvgIpc) is 2.27. The van der Waals surface area contributed by atoms with Crippen LogP contribution in [-0.2, 0) is 0 Å². The van der Waals surface area contributed by atoms with Crippen LogP contribution in [0.3, 0.4) is 0 Å². The minimum absolute atomic E-state index is 0.187. The van der Waals surface area contributed by atoms with Gasteiger partial charge in [-0.2, -0.15) is 0 Å². The minimum Gasteiger partial charge on any atom is -0.507 e. The summed E-state index contributed by atoms with van der Waals surface area (Å²) in [6.45, 7) is 1.49. The van der Waals surface area contributed by atoms with Crippen molar-refractivity contribution in [1.29, 1.82) is 0 Å². The third-order valence-electron chi connectivity index (χ3n) is 2.15. The monoisotopic (exact) mass is 239 g/mol. The molecule has 1 rings (SSSR count). The van der Waals surface area contributed by atoms with Crippen molar-refractivity contribution in [3.63, 3.8) is 0 Å². The number of phenolic OH excluding ortho intramolecular Hbond substituents is 2. The van der Waals surface area contributed by atoms with E-state index < -0.39 is 11.9 Å². The molecule has 0 radical (unpaired) electrons. The van der Waals surface area contributed by atoms with Gasteiger partial charge in [-0.1, -0.05) is 11.2 Å². The summed E-state index contributed by atoms with van der Waals surface area (Å²) in [6, 6.07) is 3.20. The molecule has 17 heavy (non-hydrogen) atoms. The number of nitrogens with two attached hydrogens (primary N) is 1. The van der Waals surface area contributed by atoms with E-state index in [1.807, 2.05) is 0 Å². The Morgan fingerprint density at radius 2 is 1.94 bits per heavy atom. The summed E-state index contributed by atoms with van der Waals surface area (Å²) in [7, 11) is 0. The first kappa shape index (κ1) is 12.6. The van der Waals surface area contributed by atoms with Gasteiger partial charge >= 0.3 is 0 Å². The lowest BCUT2D eigenvalue weighted by Crippen LogP contribution is -2.42. The molecule has 0 aliphatic heterocycles. The highest BCUT2D eigenvalue weighted by atomic mass is 16.4. The number of aromatic hydroxyl groups is 2. The van der Waals surface area contributed by atoms with Crippen LogP contribution in [0, 0.1) is 0 Å². The maximum Gasteiger partial charge on any atom is 0.259 e. The number of oxime groups is 1. The Morgan fingerprint density at radius 1 is 1.41 bits per heavy atom. The van der Waals surface area contributed by atoms with Gasteiger partial charge in [-0.05, 0) is 19.1 Å². The van der Waals surface area contributed by atoms with Crippen LogP contribution >= 0.6 is 0 Å². The number of rotatable bonds is 3. The molecule has 1 unspecified atom stereocenters. The van der Waals surface area contributed by atoms with Crippen molar-refractivity contribution in [2.45, 2.75) is 13.0 Å². The predicted octanol–water partition coefficient (Wildman–Crippen LogP) is -0.0375. The number of benzene rings is 1. The lowest BCUT2D eigenvalue weighted by Gasteiger charge is -2.13. The number of amides is 1. The maximum atomic E-state index is 11.7. The second-order valence-electron chi connectivity index (χ2n) is 3.39. The van der Waals surface area contributed by atoms with Crippen molar-refractivity contribution in [3.05, 3.63) is 23.8 Å². The topological polar surface area (TPSA) is 128 Å². The lowest BCUT2D eigenvalue weighted by atomic mass is 10.1. The summed E-state index contributed by atoms with van der Waals surface area (Å²) < 4.78 is 0. The summed E-state index contributed by atoms with van der Waals surface area (Å²) in [4.78, 5) is 11.7. The smallest absolute Gasteiger partial charge is 0.259 e. The zero-order chi connectivity index (χ0) is 13.0. The Kier molecular flexibility index (Phi) is 3.76. The average molecular weight is 239 g/mol. The van der Waals surface area contributed by atoms with Crippen LogP contribution in [0.1, 0.15) is 17.3 Å². The largest absolute Gasteiger partial charge is 0.507 e. The Bertz CT molecular complexity index is 439. The summed E-state index contributed by atoms with van der Waals surface area (Å²) in [5, 5.41) is 32.4. The van der Waals surface area contributed by atoms with Gasteiger partial charge in [-0.3, -0.25) is 4.79 Å². The van der Waals surface area contributed by atoms with Crippen LogP contribution < -0.4 is 11.1 Å². The van der Waals surface area contributed by atoms with Gasteiger partial charge < -0.3 is 26.5 Å². The highest BCUT2D eigenvalue weighted by Crippen LogP contribution is 2.25. The molecule has 7 heteroatoms. The van der Waals surface area contributed by atoms with Gasteiger partial charge in [0.15, 0.2) is 5.84 Å². The van der Waals surface area contributed by atoms with E-state index in [2.05, 4.69) is 10.5 Å². The Morgan fingerprint density at radius 3 is 2.41 bits per heavy atom. The van der Waals surface area contributed by atoms with Gasteiger partial charge in [0.05, 0.1) is 6.04 Å². The van der Waals surface area contributed by atoms with Gasteiger partial charge in [0.25, 0.3) is 5.91 Å². The third kappa shape index (κ3) is 2.77. The van der Waals surface area contributed by atoms with E-state index in [4.69, 9.17) is 10.9 Å². The Balaban J connectivity index is 2.91. The van der Waals surface area contributed by atoms with E-state index in [1.54, 1.807) is 0 Å². The van der Waals surface area contributed by atoms with Crippen molar-refractivity contribution in [2.24, 2.45) is 10.9 Å². The minimum atomic E-state index is -0.730. The first-order valence-corrected chi connectivity index (χ1v) is 4.76. The van der Waals surface area contributed by atoms with Crippen LogP contribution in [0.15, 0.2) is 23.4 Å². The van der Waals surface area contributed by atoms with Crippen molar-refractivity contribution < 1.29 is 20.2 Å². The second kappa shape index (κ2) is 5.06. The molecule has 0 saturated heterocycles. The molecule has 1 atom stereocenters. The summed E-state index contributed by atoms with van der Waals surface area (Å²) in [5.74, 6) is -1.61.